The third kappa shape index (κ3) is 2.40. The van der Waals surface area contributed by atoms with Crippen LogP contribution >= 0.6 is 0 Å². The molecule has 5 heteroatoms. The van der Waals surface area contributed by atoms with E-state index in [1.165, 1.54) is 0 Å². The van der Waals surface area contributed by atoms with Gasteiger partial charge in [0.25, 0.3) is 0 Å². The molecule has 0 aliphatic rings. The number of H-pyrrole nitrogens is 1. The van der Waals surface area contributed by atoms with Crippen molar-refractivity contribution in [1.29, 1.82) is 5.26 Å². The number of nitrogens with one attached hydrogen (secondary N) is 1. The maximum Gasteiger partial charge on any atom is 0.417 e. The third-order valence-electron chi connectivity index (χ3n) is 3.25. The number of nitrogens with zero attached hydrogens (tertiary/aromatic N) is 2. The first-order valence-corrected chi connectivity index (χ1v) is 6.05. The average molecular weight is 259 g/mol. The van der Waals surface area contributed by atoms with E-state index in [1.807, 2.05) is 45.0 Å². The van der Waals surface area contributed by atoms with Crippen molar-refractivity contribution >= 4 is 11.1 Å². The lowest BCUT2D eigenvalue weighted by Gasteiger charge is -2.34. The summed E-state index contributed by atoms with van der Waals surface area (Å²) in [5.41, 5.74) is 1.59. The molecule has 0 spiro atoms. The van der Waals surface area contributed by atoms with Gasteiger partial charge in [-0.25, -0.2) is 4.79 Å². The van der Waals surface area contributed by atoms with Crippen molar-refractivity contribution in [3.05, 3.63) is 34.3 Å². The van der Waals surface area contributed by atoms with Crippen molar-refractivity contribution in [3.63, 3.8) is 0 Å². The SMILES string of the molecule is CN(C)C(c1ccc2[nH]c(=O)oc2c1)C(C)(C)C#N. The van der Waals surface area contributed by atoms with Gasteiger partial charge in [-0.1, -0.05) is 6.07 Å². The summed E-state index contributed by atoms with van der Waals surface area (Å²) in [5, 5.41) is 9.34. The molecule has 0 fully saturated rings. The summed E-state index contributed by atoms with van der Waals surface area (Å²) in [4.78, 5) is 15.8. The van der Waals surface area contributed by atoms with Gasteiger partial charge in [0.15, 0.2) is 5.58 Å². The number of benzene rings is 1. The Morgan fingerprint density at radius 1 is 1.42 bits per heavy atom. The molecule has 1 heterocycles. The van der Waals surface area contributed by atoms with E-state index >= 15 is 0 Å². The monoisotopic (exact) mass is 259 g/mol. The van der Waals surface area contributed by atoms with E-state index < -0.39 is 11.2 Å². The van der Waals surface area contributed by atoms with Crippen molar-refractivity contribution < 1.29 is 4.42 Å². The Morgan fingerprint density at radius 3 is 2.68 bits per heavy atom. The van der Waals surface area contributed by atoms with Gasteiger partial charge in [-0.15, -0.1) is 0 Å². The molecule has 0 aliphatic heterocycles. The number of rotatable bonds is 3. The van der Waals surface area contributed by atoms with Crippen LogP contribution in [0.25, 0.3) is 11.1 Å². The number of hydrogen-bond acceptors (Lipinski definition) is 4. The topological polar surface area (TPSA) is 73.0 Å². The summed E-state index contributed by atoms with van der Waals surface area (Å²) < 4.78 is 5.07. The highest BCUT2D eigenvalue weighted by Gasteiger charge is 2.32. The third-order valence-corrected chi connectivity index (χ3v) is 3.25. The van der Waals surface area contributed by atoms with Crippen LogP contribution in [0.1, 0.15) is 25.5 Å². The summed E-state index contributed by atoms with van der Waals surface area (Å²) in [6.45, 7) is 3.80. The zero-order valence-corrected chi connectivity index (χ0v) is 11.5. The lowest BCUT2D eigenvalue weighted by Crippen LogP contribution is -2.32. The summed E-state index contributed by atoms with van der Waals surface area (Å²) in [7, 11) is 3.86. The number of aromatic amines is 1. The Morgan fingerprint density at radius 2 is 2.11 bits per heavy atom. The van der Waals surface area contributed by atoms with E-state index in [1.54, 1.807) is 6.07 Å². The second-order valence-electron chi connectivity index (χ2n) is 5.47. The first-order chi connectivity index (χ1) is 8.85. The molecule has 2 rings (SSSR count). The fraction of sp³-hybridized carbons (Fsp3) is 0.429. The summed E-state index contributed by atoms with van der Waals surface area (Å²) in [6.07, 6.45) is 0. The van der Waals surface area contributed by atoms with Gasteiger partial charge in [0.1, 0.15) is 0 Å². The van der Waals surface area contributed by atoms with Crippen LogP contribution in [0.5, 0.6) is 0 Å². The van der Waals surface area contributed by atoms with Gasteiger partial charge in [-0.05, 0) is 45.6 Å². The van der Waals surface area contributed by atoms with E-state index in [-0.39, 0.29) is 6.04 Å². The Balaban J connectivity index is 2.57. The Hall–Kier alpha value is -2.06. The van der Waals surface area contributed by atoms with Gasteiger partial charge in [-0.3, -0.25) is 4.98 Å². The molecule has 0 aliphatic carbocycles. The van der Waals surface area contributed by atoms with Crippen LogP contribution in [0, 0.1) is 16.7 Å². The minimum Gasteiger partial charge on any atom is -0.408 e. The van der Waals surface area contributed by atoms with Gasteiger partial charge < -0.3 is 9.32 Å². The van der Waals surface area contributed by atoms with Crippen molar-refractivity contribution in [2.24, 2.45) is 5.41 Å². The molecular formula is C14H17N3O2. The highest BCUT2D eigenvalue weighted by atomic mass is 16.4. The van der Waals surface area contributed by atoms with E-state index in [0.717, 1.165) is 5.56 Å². The fourth-order valence-electron chi connectivity index (χ4n) is 2.55. The van der Waals surface area contributed by atoms with Gasteiger partial charge >= 0.3 is 5.76 Å². The van der Waals surface area contributed by atoms with Crippen molar-refractivity contribution in [1.82, 2.24) is 9.88 Å². The molecule has 0 bridgehead atoms. The molecule has 1 N–H and O–H groups in total. The van der Waals surface area contributed by atoms with Gasteiger partial charge in [0.05, 0.1) is 23.0 Å². The highest BCUT2D eigenvalue weighted by Crippen LogP contribution is 2.37. The zero-order chi connectivity index (χ0) is 14.2. The van der Waals surface area contributed by atoms with Gasteiger partial charge in [-0.2, -0.15) is 5.26 Å². The minimum atomic E-state index is -0.548. The first-order valence-electron chi connectivity index (χ1n) is 6.05. The number of oxazole rings is 1. The van der Waals surface area contributed by atoms with Crippen LogP contribution in [0.3, 0.4) is 0 Å². The molecule has 1 unspecified atom stereocenters. The molecule has 1 aromatic heterocycles. The first kappa shape index (κ1) is 13.4. The summed E-state index contributed by atoms with van der Waals surface area (Å²) >= 11 is 0. The number of hydrogen-bond donors (Lipinski definition) is 1. The quantitative estimate of drug-likeness (QED) is 0.917. The summed E-state index contributed by atoms with van der Waals surface area (Å²) in [5.74, 6) is -0.465. The van der Waals surface area contributed by atoms with Crippen molar-refractivity contribution in [3.8, 4) is 6.07 Å². The second kappa shape index (κ2) is 4.56. The standard InChI is InChI=1S/C14H17N3O2/c1-14(2,8-15)12(17(3)4)9-5-6-10-11(7-9)19-13(18)16-10/h5-7,12H,1-4H3,(H,16,18). The Bertz CT molecular complexity index is 689. The van der Waals surface area contributed by atoms with Gasteiger partial charge in [0.2, 0.25) is 0 Å². The Kier molecular flexibility index (Phi) is 3.21. The molecule has 1 aromatic carbocycles. The van der Waals surface area contributed by atoms with Crippen LogP contribution in [-0.4, -0.2) is 24.0 Å². The molecule has 0 saturated carbocycles. The van der Waals surface area contributed by atoms with Crippen LogP contribution in [0.2, 0.25) is 0 Å². The largest absolute Gasteiger partial charge is 0.417 e. The molecule has 19 heavy (non-hydrogen) atoms. The maximum absolute atomic E-state index is 11.2. The minimum absolute atomic E-state index is 0.0814. The molecule has 1 atom stereocenters. The molecular weight excluding hydrogens is 242 g/mol. The molecule has 0 saturated heterocycles. The van der Waals surface area contributed by atoms with E-state index in [4.69, 9.17) is 4.42 Å². The lowest BCUT2D eigenvalue weighted by atomic mass is 9.81. The normalized spacial score (nSPS) is 13.7. The molecule has 2 aromatic rings. The fourth-order valence-corrected chi connectivity index (χ4v) is 2.55. The van der Waals surface area contributed by atoms with Crippen LogP contribution in [0.4, 0.5) is 0 Å². The lowest BCUT2D eigenvalue weighted by molar-refractivity contribution is 0.185. The average Bonchev–Trinajstić information content (AvgIpc) is 2.67. The van der Waals surface area contributed by atoms with E-state index in [2.05, 4.69) is 11.1 Å². The van der Waals surface area contributed by atoms with Crippen molar-refractivity contribution in [2.45, 2.75) is 19.9 Å². The van der Waals surface area contributed by atoms with E-state index in [0.29, 0.717) is 11.1 Å². The number of fused-ring (bicyclic) bond motifs is 1. The second-order valence-corrected chi connectivity index (χ2v) is 5.47. The molecule has 100 valence electrons. The highest BCUT2D eigenvalue weighted by molar-refractivity contribution is 5.73. The predicted octanol–water partition coefficient (Wildman–Crippen LogP) is 2.27. The maximum atomic E-state index is 11.2. The summed E-state index contributed by atoms with van der Waals surface area (Å²) in [6, 6.07) is 7.79. The molecule has 0 amide bonds. The van der Waals surface area contributed by atoms with E-state index in [9.17, 15) is 10.1 Å². The Labute approximate surface area is 111 Å². The van der Waals surface area contributed by atoms with Crippen LogP contribution < -0.4 is 5.76 Å². The number of aromatic nitrogens is 1. The van der Waals surface area contributed by atoms with Crippen LogP contribution in [-0.2, 0) is 0 Å². The molecule has 5 nitrogen and oxygen atoms in total. The predicted molar refractivity (Wildman–Crippen MR) is 72.7 cm³/mol. The van der Waals surface area contributed by atoms with Gasteiger partial charge in [0, 0.05) is 0 Å². The van der Waals surface area contributed by atoms with Crippen LogP contribution in [0.15, 0.2) is 27.4 Å². The molecule has 0 radical (unpaired) electrons. The smallest absolute Gasteiger partial charge is 0.408 e. The number of nitriles is 1. The van der Waals surface area contributed by atoms with Crippen molar-refractivity contribution in [2.75, 3.05) is 14.1 Å². The zero-order valence-electron chi connectivity index (χ0n) is 11.5.